The Labute approximate surface area is 77.7 Å². The van der Waals surface area contributed by atoms with Crippen LogP contribution < -0.4 is 10.1 Å². The molecule has 1 rings (SSSR count). The van der Waals surface area contributed by atoms with Gasteiger partial charge in [-0.3, -0.25) is 4.79 Å². The topological polar surface area (TPSA) is 38.3 Å². The van der Waals surface area contributed by atoms with E-state index in [2.05, 4.69) is 5.32 Å². The van der Waals surface area contributed by atoms with Gasteiger partial charge in [0.25, 0.3) is 5.91 Å². The number of rotatable bonds is 2. The van der Waals surface area contributed by atoms with Crippen LogP contribution in [0.15, 0.2) is 18.2 Å². The Balaban J connectivity index is 3.11. The quantitative estimate of drug-likeness (QED) is 0.744. The van der Waals surface area contributed by atoms with Gasteiger partial charge in [-0.2, -0.15) is 0 Å². The van der Waals surface area contributed by atoms with Gasteiger partial charge in [-0.15, -0.1) is 0 Å². The summed E-state index contributed by atoms with van der Waals surface area (Å²) in [6, 6.07) is 5.43. The highest BCUT2D eigenvalue weighted by Crippen LogP contribution is 2.16. The maximum absolute atomic E-state index is 11.3. The first-order valence-corrected chi connectivity index (χ1v) is 4.05. The Morgan fingerprint density at radius 2 is 2.15 bits per heavy atom. The predicted octanol–water partition coefficient (Wildman–Crippen LogP) is 1.36. The van der Waals surface area contributed by atoms with Gasteiger partial charge < -0.3 is 10.1 Å². The van der Waals surface area contributed by atoms with Gasteiger partial charge in [-0.1, -0.05) is 6.07 Å². The molecule has 13 heavy (non-hydrogen) atoms. The van der Waals surface area contributed by atoms with Crippen LogP contribution in [0.1, 0.15) is 15.9 Å². The lowest BCUT2D eigenvalue weighted by Crippen LogP contribution is -2.18. The van der Waals surface area contributed by atoms with Gasteiger partial charge in [0, 0.05) is 12.6 Å². The summed E-state index contributed by atoms with van der Waals surface area (Å²) in [4.78, 5) is 11.3. The maximum atomic E-state index is 11.3. The van der Waals surface area contributed by atoms with E-state index < -0.39 is 0 Å². The number of aryl methyl sites for hydroxylation is 1. The van der Waals surface area contributed by atoms with Crippen molar-refractivity contribution in [3.63, 3.8) is 0 Å². The average Bonchev–Trinajstić information content (AvgIpc) is 2.17. The lowest BCUT2D eigenvalue weighted by atomic mass is 10.1. The summed E-state index contributed by atoms with van der Waals surface area (Å²) in [6.07, 6.45) is 0. The number of hydrogen-bond donors (Lipinski definition) is 1. The summed E-state index contributed by atoms with van der Waals surface area (Å²) in [6.45, 7) is 1.89. The van der Waals surface area contributed by atoms with Crippen LogP contribution in [-0.4, -0.2) is 20.1 Å². The van der Waals surface area contributed by atoms with E-state index >= 15 is 0 Å². The highest BCUT2D eigenvalue weighted by atomic mass is 16.5. The lowest BCUT2D eigenvalue weighted by Gasteiger charge is -2.06. The van der Waals surface area contributed by atoms with Crippen LogP contribution in [0.25, 0.3) is 0 Å². The fraction of sp³-hybridized carbons (Fsp3) is 0.300. The van der Waals surface area contributed by atoms with Gasteiger partial charge in [-0.25, -0.2) is 0 Å². The molecule has 0 aliphatic rings. The molecule has 0 aliphatic heterocycles. The van der Waals surface area contributed by atoms with Crippen LogP contribution in [0.4, 0.5) is 0 Å². The van der Waals surface area contributed by atoms with Crippen LogP contribution in [-0.2, 0) is 0 Å². The van der Waals surface area contributed by atoms with Crippen molar-refractivity contribution < 1.29 is 9.53 Å². The van der Waals surface area contributed by atoms with Crippen molar-refractivity contribution in [3.8, 4) is 5.75 Å². The van der Waals surface area contributed by atoms with E-state index in [9.17, 15) is 4.79 Å². The molecule has 0 saturated heterocycles. The Morgan fingerprint density at radius 1 is 1.46 bits per heavy atom. The van der Waals surface area contributed by atoms with E-state index in [1.165, 1.54) is 0 Å². The second kappa shape index (κ2) is 3.94. The van der Waals surface area contributed by atoms with Crippen molar-refractivity contribution in [3.05, 3.63) is 29.3 Å². The van der Waals surface area contributed by atoms with E-state index in [0.717, 1.165) is 5.56 Å². The zero-order valence-electron chi connectivity index (χ0n) is 8.05. The van der Waals surface area contributed by atoms with Crippen LogP contribution in [0.2, 0.25) is 0 Å². The van der Waals surface area contributed by atoms with Gasteiger partial charge in [-0.05, 0) is 24.6 Å². The molecule has 3 nitrogen and oxygen atoms in total. The third-order valence-corrected chi connectivity index (χ3v) is 1.92. The van der Waals surface area contributed by atoms with Gasteiger partial charge in [0.05, 0.1) is 7.11 Å². The second-order valence-electron chi connectivity index (χ2n) is 2.76. The molecule has 0 aromatic heterocycles. The van der Waals surface area contributed by atoms with Crippen LogP contribution in [0.5, 0.6) is 5.75 Å². The minimum Gasteiger partial charge on any atom is -0.497 e. The minimum absolute atomic E-state index is 0.0867. The summed E-state index contributed by atoms with van der Waals surface area (Å²) < 4.78 is 5.02. The Bertz CT molecular complexity index is 321. The third-order valence-electron chi connectivity index (χ3n) is 1.92. The third kappa shape index (κ3) is 1.99. The number of nitrogens with one attached hydrogen (secondary N) is 1. The van der Waals surface area contributed by atoms with Crippen LogP contribution in [0.3, 0.4) is 0 Å². The molecule has 70 valence electrons. The van der Waals surface area contributed by atoms with E-state index in [4.69, 9.17) is 4.74 Å². The molecule has 0 saturated carbocycles. The summed E-state index contributed by atoms with van der Waals surface area (Å²) in [7, 11) is 3.19. The highest BCUT2D eigenvalue weighted by Gasteiger charge is 2.07. The zero-order chi connectivity index (χ0) is 9.84. The Morgan fingerprint density at radius 3 is 2.69 bits per heavy atom. The number of ether oxygens (including phenoxy) is 1. The lowest BCUT2D eigenvalue weighted by molar-refractivity contribution is 0.0962. The van der Waals surface area contributed by atoms with Crippen molar-refractivity contribution in [2.24, 2.45) is 0 Å². The van der Waals surface area contributed by atoms with E-state index in [-0.39, 0.29) is 5.91 Å². The minimum atomic E-state index is -0.0867. The number of carbonyl (C=O) groups is 1. The van der Waals surface area contributed by atoms with Gasteiger partial charge in [0.15, 0.2) is 0 Å². The highest BCUT2D eigenvalue weighted by molar-refractivity contribution is 5.95. The van der Waals surface area contributed by atoms with E-state index in [1.54, 1.807) is 20.2 Å². The molecule has 0 bridgehead atoms. The largest absolute Gasteiger partial charge is 0.497 e. The average molecular weight is 179 g/mol. The normalized spacial score (nSPS) is 9.46. The van der Waals surface area contributed by atoms with Crippen LogP contribution >= 0.6 is 0 Å². The molecule has 0 spiro atoms. The first-order chi connectivity index (χ1) is 6.19. The maximum Gasteiger partial charge on any atom is 0.251 e. The molecule has 0 radical (unpaired) electrons. The Kier molecular flexibility index (Phi) is 2.90. The number of amides is 1. The SMILES string of the molecule is CNC(=O)c1cc(OC)ccc1C. The standard InChI is InChI=1S/C10H13NO2/c1-7-4-5-8(13-3)6-9(7)10(12)11-2/h4-6H,1-3H3,(H,11,12). The number of hydrogen-bond acceptors (Lipinski definition) is 2. The Hall–Kier alpha value is -1.51. The van der Waals surface area contributed by atoms with Crippen molar-refractivity contribution in [2.45, 2.75) is 6.92 Å². The van der Waals surface area contributed by atoms with Gasteiger partial charge >= 0.3 is 0 Å². The number of benzene rings is 1. The predicted molar refractivity (Wildman–Crippen MR) is 51.1 cm³/mol. The van der Waals surface area contributed by atoms with Gasteiger partial charge in [0.2, 0.25) is 0 Å². The fourth-order valence-corrected chi connectivity index (χ4v) is 1.11. The smallest absolute Gasteiger partial charge is 0.251 e. The summed E-state index contributed by atoms with van der Waals surface area (Å²) in [5.41, 5.74) is 1.60. The first kappa shape index (κ1) is 9.58. The molecule has 0 aliphatic carbocycles. The van der Waals surface area contributed by atoms with Crippen molar-refractivity contribution >= 4 is 5.91 Å². The van der Waals surface area contributed by atoms with Gasteiger partial charge in [0.1, 0.15) is 5.75 Å². The summed E-state index contributed by atoms with van der Waals surface area (Å²) in [5.74, 6) is 0.612. The molecule has 1 aromatic rings. The molecular formula is C10H13NO2. The summed E-state index contributed by atoms with van der Waals surface area (Å²) >= 11 is 0. The van der Waals surface area contributed by atoms with E-state index in [1.807, 2.05) is 19.1 Å². The van der Waals surface area contributed by atoms with Crippen molar-refractivity contribution in [1.82, 2.24) is 5.32 Å². The molecule has 0 unspecified atom stereocenters. The molecule has 3 heteroatoms. The molecule has 0 atom stereocenters. The molecule has 1 aromatic carbocycles. The van der Waals surface area contributed by atoms with Crippen molar-refractivity contribution in [1.29, 1.82) is 0 Å². The molecule has 1 N–H and O–H groups in total. The zero-order valence-corrected chi connectivity index (χ0v) is 8.05. The van der Waals surface area contributed by atoms with E-state index in [0.29, 0.717) is 11.3 Å². The first-order valence-electron chi connectivity index (χ1n) is 4.05. The number of carbonyl (C=O) groups excluding carboxylic acids is 1. The molecular weight excluding hydrogens is 166 g/mol. The van der Waals surface area contributed by atoms with Crippen LogP contribution in [0, 0.1) is 6.92 Å². The fourth-order valence-electron chi connectivity index (χ4n) is 1.11. The molecule has 1 amide bonds. The monoisotopic (exact) mass is 179 g/mol. The molecule has 0 heterocycles. The second-order valence-corrected chi connectivity index (χ2v) is 2.76. The summed E-state index contributed by atoms with van der Waals surface area (Å²) in [5, 5.41) is 2.58. The van der Waals surface area contributed by atoms with Crippen molar-refractivity contribution in [2.75, 3.05) is 14.2 Å². The molecule has 0 fully saturated rings. The number of methoxy groups -OCH3 is 1.